The van der Waals surface area contributed by atoms with E-state index in [4.69, 9.17) is 10.8 Å². The molecule has 1 aromatic rings. The smallest absolute Gasteiger partial charge is 0.358 e. The van der Waals surface area contributed by atoms with Gasteiger partial charge in [-0.2, -0.15) is 0 Å². The van der Waals surface area contributed by atoms with Crippen LogP contribution in [-0.2, 0) is 11.3 Å². The lowest BCUT2D eigenvalue weighted by atomic mass is 10.1. The van der Waals surface area contributed by atoms with Crippen LogP contribution in [0.1, 0.15) is 23.8 Å². The maximum Gasteiger partial charge on any atom is 0.358 e. The van der Waals surface area contributed by atoms with Crippen molar-refractivity contribution in [2.45, 2.75) is 19.9 Å². The summed E-state index contributed by atoms with van der Waals surface area (Å²) in [7, 11) is 0. The summed E-state index contributed by atoms with van der Waals surface area (Å²) in [6, 6.07) is 0. The second-order valence-electron chi connectivity index (χ2n) is 4.07. The number of nitrogens with one attached hydrogen (secondary N) is 1. The van der Waals surface area contributed by atoms with E-state index in [9.17, 15) is 9.59 Å². The molecule has 0 fully saturated rings. The number of nitrogens with zero attached hydrogens (tertiary/aromatic N) is 3. The molecule has 0 aliphatic rings. The summed E-state index contributed by atoms with van der Waals surface area (Å²) in [6.45, 7) is 3.12. The molecule has 1 aromatic heterocycles. The standard InChI is InChI=1S/C10H17N5O3/c1-7(5-11)4-9(16)12-2-3-15-6-8(10(17)18)13-14-15/h6-7H,2-5,11H2,1H3,(H,12,16)(H,17,18). The molecule has 0 aliphatic carbocycles. The molecule has 0 aromatic carbocycles. The number of carbonyl (C=O) groups excluding carboxylic acids is 1. The highest BCUT2D eigenvalue weighted by Crippen LogP contribution is 1.97. The van der Waals surface area contributed by atoms with Crippen molar-refractivity contribution in [3.8, 4) is 0 Å². The van der Waals surface area contributed by atoms with Gasteiger partial charge in [-0.15, -0.1) is 5.10 Å². The van der Waals surface area contributed by atoms with Gasteiger partial charge in [-0.1, -0.05) is 12.1 Å². The van der Waals surface area contributed by atoms with Gasteiger partial charge in [-0.3, -0.25) is 4.79 Å². The van der Waals surface area contributed by atoms with Crippen LogP contribution in [-0.4, -0.2) is 45.1 Å². The van der Waals surface area contributed by atoms with E-state index in [-0.39, 0.29) is 17.5 Å². The summed E-state index contributed by atoms with van der Waals surface area (Å²) in [5.41, 5.74) is 5.30. The fourth-order valence-electron chi connectivity index (χ4n) is 1.29. The SMILES string of the molecule is CC(CN)CC(=O)NCCn1cc(C(=O)O)nn1. The quantitative estimate of drug-likeness (QED) is 0.579. The summed E-state index contributed by atoms with van der Waals surface area (Å²) in [6.07, 6.45) is 1.70. The molecular formula is C10H17N5O3. The summed E-state index contributed by atoms with van der Waals surface area (Å²) in [5, 5.41) is 18.4. The van der Waals surface area contributed by atoms with Gasteiger partial charge in [-0.25, -0.2) is 9.48 Å². The third kappa shape index (κ3) is 4.50. The average Bonchev–Trinajstić information content (AvgIpc) is 2.77. The lowest BCUT2D eigenvalue weighted by Crippen LogP contribution is -2.30. The van der Waals surface area contributed by atoms with Gasteiger partial charge in [0.05, 0.1) is 12.7 Å². The Morgan fingerprint density at radius 1 is 1.61 bits per heavy atom. The molecule has 4 N–H and O–H groups in total. The van der Waals surface area contributed by atoms with Gasteiger partial charge in [0.15, 0.2) is 5.69 Å². The van der Waals surface area contributed by atoms with E-state index in [1.54, 1.807) is 0 Å². The number of nitrogens with two attached hydrogens (primary N) is 1. The third-order valence-corrected chi connectivity index (χ3v) is 2.36. The van der Waals surface area contributed by atoms with Crippen LogP contribution in [0.3, 0.4) is 0 Å². The minimum atomic E-state index is -1.12. The number of carbonyl (C=O) groups is 2. The van der Waals surface area contributed by atoms with Crippen LogP contribution in [0, 0.1) is 5.92 Å². The van der Waals surface area contributed by atoms with E-state index in [0.717, 1.165) is 0 Å². The first-order valence-corrected chi connectivity index (χ1v) is 5.63. The van der Waals surface area contributed by atoms with E-state index in [2.05, 4.69) is 15.6 Å². The van der Waals surface area contributed by atoms with Gasteiger partial charge in [0.25, 0.3) is 0 Å². The summed E-state index contributed by atoms with van der Waals surface area (Å²) < 4.78 is 1.37. The molecule has 0 bridgehead atoms. The molecule has 8 nitrogen and oxygen atoms in total. The van der Waals surface area contributed by atoms with E-state index in [1.807, 2.05) is 6.92 Å². The van der Waals surface area contributed by atoms with Crippen LogP contribution in [0.15, 0.2) is 6.20 Å². The minimum Gasteiger partial charge on any atom is -0.476 e. The first kappa shape index (κ1) is 14.1. The van der Waals surface area contributed by atoms with Crippen molar-refractivity contribution in [3.05, 3.63) is 11.9 Å². The molecule has 1 heterocycles. The van der Waals surface area contributed by atoms with Gasteiger partial charge in [-0.05, 0) is 12.5 Å². The first-order valence-electron chi connectivity index (χ1n) is 5.63. The fraction of sp³-hybridized carbons (Fsp3) is 0.600. The number of aromatic carboxylic acids is 1. The van der Waals surface area contributed by atoms with Crippen molar-refractivity contribution in [1.82, 2.24) is 20.3 Å². The molecule has 1 unspecified atom stereocenters. The Kier molecular flexibility index (Phi) is 5.25. The molecule has 8 heteroatoms. The second-order valence-corrected chi connectivity index (χ2v) is 4.07. The monoisotopic (exact) mass is 255 g/mol. The number of carboxylic acids is 1. The maximum absolute atomic E-state index is 11.4. The zero-order valence-corrected chi connectivity index (χ0v) is 10.2. The van der Waals surface area contributed by atoms with E-state index < -0.39 is 5.97 Å². The Morgan fingerprint density at radius 2 is 2.33 bits per heavy atom. The Morgan fingerprint density at radius 3 is 2.89 bits per heavy atom. The zero-order chi connectivity index (χ0) is 13.5. The highest BCUT2D eigenvalue weighted by Gasteiger charge is 2.09. The topological polar surface area (TPSA) is 123 Å². The van der Waals surface area contributed by atoms with E-state index in [0.29, 0.717) is 26.1 Å². The molecule has 18 heavy (non-hydrogen) atoms. The maximum atomic E-state index is 11.4. The normalized spacial score (nSPS) is 12.1. The Hall–Kier alpha value is -1.96. The Balaban J connectivity index is 2.28. The van der Waals surface area contributed by atoms with Gasteiger partial charge < -0.3 is 16.2 Å². The highest BCUT2D eigenvalue weighted by molar-refractivity contribution is 5.84. The molecule has 100 valence electrons. The zero-order valence-electron chi connectivity index (χ0n) is 10.2. The van der Waals surface area contributed by atoms with Crippen molar-refractivity contribution < 1.29 is 14.7 Å². The number of amides is 1. The molecular weight excluding hydrogens is 238 g/mol. The van der Waals surface area contributed by atoms with Crippen LogP contribution >= 0.6 is 0 Å². The Bertz CT molecular complexity index is 417. The average molecular weight is 255 g/mol. The summed E-state index contributed by atoms with van der Waals surface area (Å²) in [4.78, 5) is 22.0. The predicted octanol–water partition coefficient (Wildman–Crippen LogP) is -0.923. The number of aromatic nitrogens is 3. The molecule has 1 atom stereocenters. The number of rotatable bonds is 7. The van der Waals surface area contributed by atoms with Crippen molar-refractivity contribution in [2.75, 3.05) is 13.1 Å². The highest BCUT2D eigenvalue weighted by atomic mass is 16.4. The number of carboxylic acid groups (broad SMARTS) is 1. The van der Waals surface area contributed by atoms with Crippen LogP contribution in [0.25, 0.3) is 0 Å². The first-order chi connectivity index (χ1) is 8.52. The molecule has 0 aliphatic heterocycles. The van der Waals surface area contributed by atoms with E-state index in [1.165, 1.54) is 10.9 Å². The summed E-state index contributed by atoms with van der Waals surface area (Å²) >= 11 is 0. The molecule has 0 radical (unpaired) electrons. The molecule has 0 spiro atoms. The van der Waals surface area contributed by atoms with Crippen LogP contribution < -0.4 is 11.1 Å². The minimum absolute atomic E-state index is 0.0773. The molecule has 0 saturated heterocycles. The third-order valence-electron chi connectivity index (χ3n) is 2.36. The van der Waals surface area contributed by atoms with Crippen molar-refractivity contribution in [1.29, 1.82) is 0 Å². The Labute approximate surface area is 104 Å². The van der Waals surface area contributed by atoms with Crippen LogP contribution in [0.4, 0.5) is 0 Å². The van der Waals surface area contributed by atoms with Crippen molar-refractivity contribution in [3.63, 3.8) is 0 Å². The van der Waals surface area contributed by atoms with Crippen LogP contribution in [0.5, 0.6) is 0 Å². The number of hydrogen-bond donors (Lipinski definition) is 3. The van der Waals surface area contributed by atoms with Gasteiger partial charge >= 0.3 is 5.97 Å². The fourth-order valence-corrected chi connectivity index (χ4v) is 1.29. The van der Waals surface area contributed by atoms with E-state index >= 15 is 0 Å². The van der Waals surface area contributed by atoms with Crippen molar-refractivity contribution in [2.24, 2.45) is 11.7 Å². The van der Waals surface area contributed by atoms with Crippen molar-refractivity contribution >= 4 is 11.9 Å². The molecule has 1 amide bonds. The van der Waals surface area contributed by atoms with Gasteiger partial charge in [0, 0.05) is 13.0 Å². The number of hydrogen-bond acceptors (Lipinski definition) is 5. The van der Waals surface area contributed by atoms with Crippen LogP contribution in [0.2, 0.25) is 0 Å². The lowest BCUT2D eigenvalue weighted by Gasteiger charge is -2.08. The summed E-state index contributed by atoms with van der Waals surface area (Å²) in [5.74, 6) is -1.05. The molecule has 1 rings (SSSR count). The lowest BCUT2D eigenvalue weighted by molar-refractivity contribution is -0.121. The largest absolute Gasteiger partial charge is 0.476 e. The van der Waals surface area contributed by atoms with Gasteiger partial charge in [0.2, 0.25) is 5.91 Å². The van der Waals surface area contributed by atoms with Gasteiger partial charge in [0.1, 0.15) is 0 Å². The molecule has 0 saturated carbocycles. The predicted molar refractivity (Wildman–Crippen MR) is 62.8 cm³/mol. The second kappa shape index (κ2) is 6.70.